The van der Waals surface area contributed by atoms with E-state index < -0.39 is 0 Å². The molecule has 0 spiro atoms. The Balaban J connectivity index is 1.04. The van der Waals surface area contributed by atoms with Crippen LogP contribution in [0.15, 0.2) is 188 Å². The maximum atomic E-state index is 2.45. The third kappa shape index (κ3) is 5.76. The van der Waals surface area contributed by atoms with Gasteiger partial charge in [0.05, 0.1) is 0 Å². The summed E-state index contributed by atoms with van der Waals surface area (Å²) >= 11 is 0. The van der Waals surface area contributed by atoms with E-state index in [1.807, 2.05) is 0 Å². The van der Waals surface area contributed by atoms with Crippen LogP contribution in [0, 0.1) is 0 Å². The van der Waals surface area contributed by atoms with Crippen molar-refractivity contribution in [3.05, 3.63) is 210 Å². The average Bonchev–Trinajstić information content (AvgIpc) is 3.50. The Morgan fingerprint density at radius 1 is 0.362 bits per heavy atom. The minimum atomic E-state index is -0.138. The highest BCUT2D eigenvalue weighted by Gasteiger charge is 2.36. The molecule has 278 valence electrons. The van der Waals surface area contributed by atoms with Gasteiger partial charge in [-0.05, 0) is 175 Å². The largest absolute Gasteiger partial charge is 0.310 e. The molecule has 0 heterocycles. The quantitative estimate of drug-likeness (QED) is 0.164. The van der Waals surface area contributed by atoms with Crippen LogP contribution in [0.4, 0.5) is 17.1 Å². The Bertz CT molecular complexity index is 3010. The summed E-state index contributed by atoms with van der Waals surface area (Å²) < 4.78 is 0. The molecule has 11 rings (SSSR count). The molecule has 9 aromatic rings. The molecule has 0 radical (unpaired) electrons. The fraction of sp³-hybridized carbons (Fsp3) is 0.123. The van der Waals surface area contributed by atoms with Crippen molar-refractivity contribution in [3.63, 3.8) is 0 Å². The molecule has 2 aliphatic carbocycles. The number of hydrogen-bond acceptors (Lipinski definition) is 1. The Labute approximate surface area is 341 Å². The van der Waals surface area contributed by atoms with Gasteiger partial charge in [0.1, 0.15) is 0 Å². The van der Waals surface area contributed by atoms with Crippen molar-refractivity contribution in [3.8, 4) is 44.5 Å². The predicted molar refractivity (Wildman–Crippen MR) is 247 cm³/mol. The van der Waals surface area contributed by atoms with E-state index >= 15 is 0 Å². The molecule has 0 aromatic heterocycles. The lowest BCUT2D eigenvalue weighted by molar-refractivity contribution is 0.661. The lowest BCUT2D eigenvalue weighted by atomic mass is 9.81. The Kier molecular flexibility index (Phi) is 8.19. The zero-order valence-electron chi connectivity index (χ0n) is 33.2. The number of anilines is 3. The monoisotopic (exact) mass is 743 g/mol. The van der Waals surface area contributed by atoms with Gasteiger partial charge in [-0.2, -0.15) is 0 Å². The maximum Gasteiger partial charge on any atom is 0.0465 e. The minimum absolute atomic E-state index is 0.138. The van der Waals surface area contributed by atoms with Crippen LogP contribution < -0.4 is 4.90 Å². The first kappa shape index (κ1) is 34.5. The van der Waals surface area contributed by atoms with Gasteiger partial charge in [-0.1, -0.05) is 141 Å². The van der Waals surface area contributed by atoms with Crippen LogP contribution in [-0.4, -0.2) is 0 Å². The van der Waals surface area contributed by atoms with Gasteiger partial charge in [0, 0.05) is 22.5 Å². The molecule has 0 saturated heterocycles. The second-order valence-corrected chi connectivity index (χ2v) is 16.8. The summed E-state index contributed by atoms with van der Waals surface area (Å²) in [6, 6.07) is 70.3. The minimum Gasteiger partial charge on any atom is -0.310 e. The van der Waals surface area contributed by atoms with Gasteiger partial charge >= 0.3 is 0 Å². The number of hydrogen-bond donors (Lipinski definition) is 0. The lowest BCUT2D eigenvalue weighted by Crippen LogP contribution is -2.16. The van der Waals surface area contributed by atoms with Crippen LogP contribution >= 0.6 is 0 Å². The molecule has 58 heavy (non-hydrogen) atoms. The highest BCUT2D eigenvalue weighted by atomic mass is 15.1. The number of rotatable bonds is 6. The molecule has 0 atom stereocenters. The molecule has 0 fully saturated rings. The third-order valence-corrected chi connectivity index (χ3v) is 13.0. The van der Waals surface area contributed by atoms with Gasteiger partial charge in [-0.3, -0.25) is 0 Å². The van der Waals surface area contributed by atoms with Gasteiger partial charge < -0.3 is 4.90 Å². The highest BCUT2D eigenvalue weighted by molar-refractivity contribution is 5.97. The molecule has 0 aliphatic heterocycles. The first-order valence-corrected chi connectivity index (χ1v) is 20.9. The van der Waals surface area contributed by atoms with Crippen molar-refractivity contribution >= 4 is 38.6 Å². The van der Waals surface area contributed by atoms with Crippen LogP contribution in [0.5, 0.6) is 0 Å². The molecule has 0 unspecified atom stereocenters. The van der Waals surface area contributed by atoms with Crippen molar-refractivity contribution in [1.29, 1.82) is 0 Å². The smallest absolute Gasteiger partial charge is 0.0465 e. The lowest BCUT2D eigenvalue weighted by Gasteiger charge is -2.28. The molecule has 1 heteroatoms. The molecule has 0 amide bonds. The van der Waals surface area contributed by atoms with E-state index in [4.69, 9.17) is 0 Å². The Hall–Kier alpha value is -6.70. The van der Waals surface area contributed by atoms with Crippen molar-refractivity contribution in [2.24, 2.45) is 0 Å². The van der Waals surface area contributed by atoms with Gasteiger partial charge in [-0.15, -0.1) is 0 Å². The van der Waals surface area contributed by atoms with Gasteiger partial charge in [0.15, 0.2) is 0 Å². The van der Waals surface area contributed by atoms with Crippen LogP contribution in [0.3, 0.4) is 0 Å². The fourth-order valence-corrected chi connectivity index (χ4v) is 9.96. The first-order chi connectivity index (χ1) is 28.5. The molecule has 1 nitrogen and oxygen atoms in total. The van der Waals surface area contributed by atoms with Crippen molar-refractivity contribution in [2.75, 3.05) is 4.90 Å². The second kappa shape index (κ2) is 13.7. The highest BCUT2D eigenvalue weighted by Crippen LogP contribution is 2.52. The van der Waals surface area contributed by atoms with Crippen molar-refractivity contribution in [1.82, 2.24) is 0 Å². The summed E-state index contributed by atoms with van der Waals surface area (Å²) in [6.45, 7) is 4.77. The fourth-order valence-electron chi connectivity index (χ4n) is 9.96. The zero-order valence-corrected chi connectivity index (χ0v) is 33.2. The van der Waals surface area contributed by atoms with E-state index in [-0.39, 0.29) is 5.41 Å². The predicted octanol–water partition coefficient (Wildman–Crippen LogP) is 15.6. The van der Waals surface area contributed by atoms with Crippen molar-refractivity contribution in [2.45, 2.75) is 44.9 Å². The SMILES string of the molecule is CC1(C)c2cc(N(c3ccc(-c4cc5ccccc5cc4-c4ccccc4)cc3)c3ccc(-c4cccc5c4CCCC5)cc3)ccc2-c2cc3ccccc3cc21. The Morgan fingerprint density at radius 2 is 0.862 bits per heavy atom. The zero-order chi connectivity index (χ0) is 38.8. The normalized spacial score (nSPS) is 13.9. The standard InChI is InChI=1S/C57H45N/c1-57(2)55-36-45-19-9-8-18-44(45)35-54(55)51-32-31-48(37-56(51)57)58(46-27-23-40(24-28-46)50-22-12-20-38-15-10-11-21-49(38)50)47-29-25-41(26-30-47)53-34-43-17-7-6-16-42(43)33-52(53)39-13-4-3-5-14-39/h3-9,12-14,16-20,22-37H,10-11,15,21H2,1-2H3. The van der Waals surface area contributed by atoms with Crippen LogP contribution in [0.25, 0.3) is 66.1 Å². The van der Waals surface area contributed by atoms with E-state index in [0.717, 1.165) is 23.5 Å². The summed E-state index contributed by atoms with van der Waals surface area (Å²) in [5.74, 6) is 0. The van der Waals surface area contributed by atoms with E-state index in [0.29, 0.717) is 0 Å². The van der Waals surface area contributed by atoms with Crippen LogP contribution in [0.1, 0.15) is 48.9 Å². The molecule has 0 bridgehead atoms. The number of benzene rings is 9. The first-order valence-electron chi connectivity index (χ1n) is 20.9. The molecular weight excluding hydrogens is 699 g/mol. The number of aryl methyl sites for hydroxylation is 1. The van der Waals surface area contributed by atoms with E-state index in [9.17, 15) is 0 Å². The van der Waals surface area contributed by atoms with E-state index in [1.54, 1.807) is 0 Å². The van der Waals surface area contributed by atoms with Crippen LogP contribution in [-0.2, 0) is 18.3 Å². The molecule has 9 aromatic carbocycles. The summed E-state index contributed by atoms with van der Waals surface area (Å²) in [7, 11) is 0. The number of fused-ring (bicyclic) bond motifs is 6. The summed E-state index contributed by atoms with van der Waals surface area (Å²) in [6.07, 6.45) is 4.91. The van der Waals surface area contributed by atoms with Crippen molar-refractivity contribution < 1.29 is 0 Å². The molecule has 0 N–H and O–H groups in total. The van der Waals surface area contributed by atoms with E-state index in [1.165, 1.54) is 108 Å². The van der Waals surface area contributed by atoms with Crippen LogP contribution in [0.2, 0.25) is 0 Å². The Morgan fingerprint density at radius 3 is 1.50 bits per heavy atom. The molecule has 0 saturated carbocycles. The van der Waals surface area contributed by atoms with Gasteiger partial charge in [0.2, 0.25) is 0 Å². The average molecular weight is 744 g/mol. The maximum absolute atomic E-state index is 2.45. The summed E-state index contributed by atoms with van der Waals surface area (Å²) in [4.78, 5) is 2.45. The van der Waals surface area contributed by atoms with E-state index in [2.05, 4.69) is 207 Å². The van der Waals surface area contributed by atoms with Gasteiger partial charge in [0.25, 0.3) is 0 Å². The topological polar surface area (TPSA) is 3.24 Å². The van der Waals surface area contributed by atoms with Gasteiger partial charge in [-0.25, -0.2) is 0 Å². The third-order valence-electron chi connectivity index (χ3n) is 13.0. The summed E-state index contributed by atoms with van der Waals surface area (Å²) in [5.41, 5.74) is 19.4. The summed E-state index contributed by atoms with van der Waals surface area (Å²) in [5, 5.41) is 5.09. The second-order valence-electron chi connectivity index (χ2n) is 16.8. The molecule has 2 aliphatic rings. The molecular formula is C57H45N. The number of nitrogens with zero attached hydrogens (tertiary/aromatic N) is 1.